The van der Waals surface area contributed by atoms with E-state index in [9.17, 15) is 14.0 Å². The summed E-state index contributed by atoms with van der Waals surface area (Å²) in [4.78, 5) is 24.7. The molecule has 5 nitrogen and oxygen atoms in total. The number of carbonyl (C=O) groups excluding carboxylic acids is 1. The van der Waals surface area contributed by atoms with Gasteiger partial charge in [-0.05, 0) is 48.9 Å². The van der Waals surface area contributed by atoms with Crippen LogP contribution in [0.5, 0.6) is 5.75 Å². The predicted octanol–water partition coefficient (Wildman–Crippen LogP) is 5.00. The molecule has 0 fully saturated rings. The molecule has 1 unspecified atom stereocenters. The second-order valence-corrected chi connectivity index (χ2v) is 6.81. The van der Waals surface area contributed by atoms with E-state index in [2.05, 4.69) is 5.32 Å². The Morgan fingerprint density at radius 2 is 1.73 bits per heavy atom. The van der Waals surface area contributed by atoms with Gasteiger partial charge in [0.05, 0.1) is 0 Å². The molecule has 30 heavy (non-hydrogen) atoms. The highest BCUT2D eigenvalue weighted by molar-refractivity contribution is 5.95. The van der Waals surface area contributed by atoms with Crippen molar-refractivity contribution < 1.29 is 18.3 Å². The Kier molecular flexibility index (Phi) is 5.30. The average Bonchev–Trinajstić information content (AvgIpc) is 2.74. The molecular weight excluding hydrogens is 385 g/mol. The predicted molar refractivity (Wildman–Crippen MR) is 112 cm³/mol. The van der Waals surface area contributed by atoms with E-state index in [1.165, 1.54) is 30.3 Å². The maximum Gasteiger partial charge on any atom is 0.336 e. The van der Waals surface area contributed by atoms with E-state index < -0.39 is 23.5 Å². The molecule has 1 heterocycles. The molecule has 6 heteroatoms. The summed E-state index contributed by atoms with van der Waals surface area (Å²) in [5.41, 5.74) is 1.81. The summed E-state index contributed by atoms with van der Waals surface area (Å²) in [5.74, 6) is -0.435. The lowest BCUT2D eigenvalue weighted by Gasteiger charge is -2.19. The van der Waals surface area contributed by atoms with Crippen molar-refractivity contribution in [2.24, 2.45) is 0 Å². The van der Waals surface area contributed by atoms with Gasteiger partial charge in [0, 0.05) is 28.8 Å². The van der Waals surface area contributed by atoms with Crippen LogP contribution >= 0.6 is 0 Å². The lowest BCUT2D eigenvalue weighted by atomic mass is 10.1. The molecule has 150 valence electrons. The lowest BCUT2D eigenvalue weighted by molar-refractivity contribution is -0.123. The maximum absolute atomic E-state index is 13.2. The fourth-order valence-corrected chi connectivity index (χ4v) is 3.16. The fraction of sp³-hybridized carbons (Fsp3) is 0.0833. The fourth-order valence-electron chi connectivity index (χ4n) is 3.16. The van der Waals surface area contributed by atoms with Crippen molar-refractivity contribution in [1.29, 1.82) is 0 Å². The number of amides is 1. The van der Waals surface area contributed by atoms with Crippen molar-refractivity contribution in [3.05, 3.63) is 106 Å². The molecule has 0 saturated heterocycles. The van der Waals surface area contributed by atoms with Crippen LogP contribution in [0.2, 0.25) is 0 Å². The maximum atomic E-state index is 13.2. The van der Waals surface area contributed by atoms with Gasteiger partial charge in [-0.25, -0.2) is 9.18 Å². The van der Waals surface area contributed by atoms with E-state index in [1.54, 1.807) is 42.5 Å². The quantitative estimate of drug-likeness (QED) is 0.476. The van der Waals surface area contributed by atoms with Crippen LogP contribution in [0, 0.1) is 12.7 Å². The standard InChI is InChI=1S/C24H18FNO4/c1-15-13-22(27)30-21-14-19(11-12-20(15)21)29-23(16-5-3-2-4-6-16)24(28)26-18-9-7-17(25)8-10-18/h2-14,23H,1H3,(H,26,28). The van der Waals surface area contributed by atoms with Crippen LogP contribution in [-0.2, 0) is 4.79 Å². The summed E-state index contributed by atoms with van der Waals surface area (Å²) in [6.45, 7) is 1.82. The van der Waals surface area contributed by atoms with Crippen LogP contribution in [0.3, 0.4) is 0 Å². The SMILES string of the molecule is Cc1cc(=O)oc2cc(OC(C(=O)Nc3ccc(F)cc3)c3ccccc3)ccc12. The Morgan fingerprint density at radius 3 is 2.47 bits per heavy atom. The van der Waals surface area contributed by atoms with Crippen LogP contribution in [-0.4, -0.2) is 5.91 Å². The average molecular weight is 403 g/mol. The van der Waals surface area contributed by atoms with E-state index in [4.69, 9.17) is 9.15 Å². The summed E-state index contributed by atoms with van der Waals surface area (Å²) < 4.78 is 24.4. The van der Waals surface area contributed by atoms with Gasteiger partial charge < -0.3 is 14.5 Å². The number of hydrogen-bond donors (Lipinski definition) is 1. The minimum absolute atomic E-state index is 0.374. The molecule has 1 atom stereocenters. The zero-order valence-electron chi connectivity index (χ0n) is 16.1. The molecule has 0 radical (unpaired) electrons. The number of hydrogen-bond acceptors (Lipinski definition) is 4. The van der Waals surface area contributed by atoms with E-state index in [1.807, 2.05) is 13.0 Å². The van der Waals surface area contributed by atoms with Crippen molar-refractivity contribution in [1.82, 2.24) is 0 Å². The Labute approximate surface area is 171 Å². The molecule has 1 amide bonds. The molecule has 1 N–H and O–H groups in total. The first-order valence-electron chi connectivity index (χ1n) is 9.32. The summed E-state index contributed by atoms with van der Waals surface area (Å²) in [6.07, 6.45) is -0.967. The number of benzene rings is 3. The monoisotopic (exact) mass is 403 g/mol. The van der Waals surface area contributed by atoms with E-state index in [-0.39, 0.29) is 0 Å². The smallest absolute Gasteiger partial charge is 0.336 e. The van der Waals surface area contributed by atoms with Gasteiger partial charge in [0.2, 0.25) is 6.10 Å². The Morgan fingerprint density at radius 1 is 1.00 bits per heavy atom. The van der Waals surface area contributed by atoms with Crippen LogP contribution < -0.4 is 15.7 Å². The number of ether oxygens (including phenoxy) is 1. The molecule has 4 rings (SSSR count). The normalized spacial score (nSPS) is 11.8. The molecule has 0 aliphatic rings. The summed E-state index contributed by atoms with van der Waals surface area (Å²) in [7, 11) is 0. The Hall–Kier alpha value is -3.93. The summed E-state index contributed by atoms with van der Waals surface area (Å²) in [5, 5.41) is 3.53. The molecule has 1 aromatic heterocycles. The van der Waals surface area contributed by atoms with Gasteiger partial charge in [-0.2, -0.15) is 0 Å². The number of anilines is 1. The van der Waals surface area contributed by atoms with Gasteiger partial charge in [0.1, 0.15) is 17.1 Å². The van der Waals surface area contributed by atoms with E-state index in [0.29, 0.717) is 22.6 Å². The number of nitrogens with one attached hydrogen (secondary N) is 1. The van der Waals surface area contributed by atoms with Gasteiger partial charge in [-0.15, -0.1) is 0 Å². The minimum Gasteiger partial charge on any atom is -0.476 e. The van der Waals surface area contributed by atoms with Crippen molar-refractivity contribution in [3.8, 4) is 5.75 Å². The van der Waals surface area contributed by atoms with Crippen LogP contribution in [0.15, 0.2) is 88.1 Å². The third-order valence-corrected chi connectivity index (χ3v) is 4.63. The first kappa shape index (κ1) is 19.4. The van der Waals surface area contributed by atoms with Gasteiger partial charge in [-0.1, -0.05) is 30.3 Å². The van der Waals surface area contributed by atoms with Crippen LogP contribution in [0.1, 0.15) is 17.2 Å². The molecule has 0 aliphatic heterocycles. The third kappa shape index (κ3) is 4.22. The Bertz CT molecular complexity index is 1250. The second kappa shape index (κ2) is 8.21. The van der Waals surface area contributed by atoms with Crippen molar-refractivity contribution >= 4 is 22.6 Å². The number of carbonyl (C=O) groups is 1. The molecule has 0 bridgehead atoms. The van der Waals surface area contributed by atoms with Crippen molar-refractivity contribution in [2.75, 3.05) is 5.32 Å². The van der Waals surface area contributed by atoms with Crippen molar-refractivity contribution in [3.63, 3.8) is 0 Å². The lowest BCUT2D eigenvalue weighted by Crippen LogP contribution is -2.25. The zero-order valence-corrected chi connectivity index (χ0v) is 16.1. The summed E-state index contributed by atoms with van der Waals surface area (Å²) in [6, 6.07) is 21.0. The highest BCUT2D eigenvalue weighted by Crippen LogP contribution is 2.27. The first-order chi connectivity index (χ1) is 14.5. The van der Waals surface area contributed by atoms with E-state index in [0.717, 1.165) is 10.9 Å². The summed E-state index contributed by atoms with van der Waals surface area (Å²) >= 11 is 0. The Balaban J connectivity index is 1.66. The van der Waals surface area contributed by atoms with Crippen LogP contribution in [0.25, 0.3) is 11.0 Å². The van der Waals surface area contributed by atoms with Gasteiger partial charge >= 0.3 is 5.63 Å². The number of rotatable bonds is 5. The highest BCUT2D eigenvalue weighted by atomic mass is 19.1. The number of fused-ring (bicyclic) bond motifs is 1. The molecule has 0 saturated carbocycles. The molecular formula is C24H18FNO4. The number of halogens is 1. The molecule has 3 aromatic carbocycles. The molecule has 0 spiro atoms. The second-order valence-electron chi connectivity index (χ2n) is 6.81. The largest absolute Gasteiger partial charge is 0.476 e. The highest BCUT2D eigenvalue weighted by Gasteiger charge is 2.23. The zero-order chi connectivity index (χ0) is 21.1. The van der Waals surface area contributed by atoms with Gasteiger partial charge in [0.15, 0.2) is 0 Å². The van der Waals surface area contributed by atoms with Crippen LogP contribution in [0.4, 0.5) is 10.1 Å². The van der Waals surface area contributed by atoms with Crippen molar-refractivity contribution in [2.45, 2.75) is 13.0 Å². The van der Waals surface area contributed by atoms with E-state index >= 15 is 0 Å². The van der Waals surface area contributed by atoms with Gasteiger partial charge in [0.25, 0.3) is 5.91 Å². The first-order valence-corrected chi connectivity index (χ1v) is 9.32. The minimum atomic E-state index is -0.967. The van der Waals surface area contributed by atoms with Gasteiger partial charge in [-0.3, -0.25) is 4.79 Å². The topological polar surface area (TPSA) is 68.5 Å². The molecule has 0 aliphatic carbocycles. The molecule has 4 aromatic rings. The number of aryl methyl sites for hydroxylation is 1. The third-order valence-electron chi connectivity index (χ3n) is 4.63.